The molecule has 468 valence electrons. The third kappa shape index (κ3) is 65.4. The molecule has 2 atom stereocenters. The van der Waals surface area contributed by atoms with E-state index in [9.17, 15) is 19.8 Å². The van der Waals surface area contributed by atoms with Crippen LogP contribution in [0.25, 0.3) is 0 Å². The maximum absolute atomic E-state index is 12.5. The van der Waals surface area contributed by atoms with Gasteiger partial charge in [0.15, 0.2) is 0 Å². The summed E-state index contributed by atoms with van der Waals surface area (Å²) in [6.07, 6.45) is 86.8. The van der Waals surface area contributed by atoms with Crippen LogP contribution in [0.2, 0.25) is 0 Å². The number of aliphatic hydroxyl groups excluding tert-OH is 2. The molecule has 0 aliphatic rings. The quantitative estimate of drug-likeness (QED) is 0.0320. The van der Waals surface area contributed by atoms with Crippen molar-refractivity contribution < 1.29 is 24.5 Å². The van der Waals surface area contributed by atoms with Crippen molar-refractivity contribution in [2.24, 2.45) is 0 Å². The molecule has 0 rings (SSSR count). The second kappa shape index (κ2) is 68.8. The van der Waals surface area contributed by atoms with Crippen LogP contribution in [0, 0.1) is 0 Å². The zero-order valence-electron chi connectivity index (χ0n) is 53.6. The zero-order valence-corrected chi connectivity index (χ0v) is 53.6. The van der Waals surface area contributed by atoms with E-state index in [0.717, 1.165) is 44.9 Å². The summed E-state index contributed by atoms with van der Waals surface area (Å²) in [4.78, 5) is 24.6. The van der Waals surface area contributed by atoms with Gasteiger partial charge in [-0.15, -0.1) is 0 Å². The molecule has 6 heteroatoms. The van der Waals surface area contributed by atoms with E-state index in [1.807, 2.05) is 6.08 Å². The Labute approximate surface area is 494 Å². The van der Waals surface area contributed by atoms with Crippen molar-refractivity contribution in [3.8, 4) is 0 Å². The maximum atomic E-state index is 12.5. The summed E-state index contributed by atoms with van der Waals surface area (Å²) in [5.74, 6) is -0.0574. The summed E-state index contributed by atoms with van der Waals surface area (Å²) >= 11 is 0. The third-order valence-corrected chi connectivity index (χ3v) is 17.0. The smallest absolute Gasteiger partial charge is 0.305 e. The first-order valence-electron chi connectivity index (χ1n) is 36.1. The number of ether oxygens (including phenoxy) is 1. The minimum absolute atomic E-state index is 0.00772. The average Bonchev–Trinajstić information content (AvgIpc) is 3.45. The molecule has 0 aromatic carbocycles. The van der Waals surface area contributed by atoms with Crippen LogP contribution in [-0.4, -0.2) is 47.4 Å². The highest BCUT2D eigenvalue weighted by molar-refractivity contribution is 5.76. The van der Waals surface area contributed by atoms with Crippen LogP contribution in [0.4, 0.5) is 0 Å². The van der Waals surface area contributed by atoms with Crippen LogP contribution in [0.15, 0.2) is 24.3 Å². The van der Waals surface area contributed by atoms with Crippen molar-refractivity contribution in [3.05, 3.63) is 24.3 Å². The summed E-state index contributed by atoms with van der Waals surface area (Å²) in [7, 11) is 0. The van der Waals surface area contributed by atoms with Crippen LogP contribution in [-0.2, 0) is 14.3 Å². The monoisotopic (exact) mass is 1110 g/mol. The number of aliphatic hydroxyl groups is 2. The molecular formula is C73H141NO5. The fourth-order valence-electron chi connectivity index (χ4n) is 11.5. The minimum Gasteiger partial charge on any atom is -0.466 e. The SMILES string of the molecule is CCCCCCCC/C=C\CCCCCCCCCC(=O)OCCCCCCCCCCCCCCCCCCCCCCC(=O)NC(CO)C(O)/C=C/CCCCCCCCCCCCCCCCCCCCCCCCC. The van der Waals surface area contributed by atoms with Crippen LogP contribution in [0.5, 0.6) is 0 Å². The van der Waals surface area contributed by atoms with Crippen molar-refractivity contribution in [3.63, 3.8) is 0 Å². The van der Waals surface area contributed by atoms with Crippen molar-refractivity contribution in [2.75, 3.05) is 13.2 Å². The van der Waals surface area contributed by atoms with Gasteiger partial charge in [-0.25, -0.2) is 0 Å². The zero-order chi connectivity index (χ0) is 57.1. The van der Waals surface area contributed by atoms with E-state index in [0.29, 0.717) is 19.4 Å². The summed E-state index contributed by atoms with van der Waals surface area (Å²) in [5.41, 5.74) is 0. The molecule has 0 aromatic rings. The number of hydrogen-bond acceptors (Lipinski definition) is 5. The number of esters is 1. The number of nitrogens with one attached hydrogen (secondary N) is 1. The van der Waals surface area contributed by atoms with E-state index in [-0.39, 0.29) is 18.5 Å². The normalized spacial score (nSPS) is 12.6. The first-order chi connectivity index (χ1) is 39.0. The van der Waals surface area contributed by atoms with Crippen LogP contribution in [0.1, 0.15) is 406 Å². The topological polar surface area (TPSA) is 95.9 Å². The fraction of sp³-hybridized carbons (Fsp3) is 0.918. The van der Waals surface area contributed by atoms with Crippen molar-refractivity contribution in [2.45, 2.75) is 418 Å². The molecule has 3 N–H and O–H groups in total. The predicted molar refractivity (Wildman–Crippen MR) is 347 cm³/mol. The molecule has 0 heterocycles. The molecule has 0 radical (unpaired) electrons. The van der Waals surface area contributed by atoms with Gasteiger partial charge < -0.3 is 20.3 Å². The summed E-state index contributed by atoms with van der Waals surface area (Å²) in [5, 5.41) is 23.3. The molecule has 0 bridgehead atoms. The Bertz CT molecular complexity index is 1230. The molecule has 0 spiro atoms. The highest BCUT2D eigenvalue weighted by atomic mass is 16.5. The largest absolute Gasteiger partial charge is 0.466 e. The van der Waals surface area contributed by atoms with E-state index in [1.165, 1.54) is 334 Å². The Kier molecular flexibility index (Phi) is 67.4. The van der Waals surface area contributed by atoms with Gasteiger partial charge in [-0.05, 0) is 57.8 Å². The molecule has 79 heavy (non-hydrogen) atoms. The van der Waals surface area contributed by atoms with E-state index >= 15 is 0 Å². The molecule has 2 unspecified atom stereocenters. The van der Waals surface area contributed by atoms with Gasteiger partial charge in [-0.1, -0.05) is 359 Å². The first kappa shape index (κ1) is 77.3. The average molecular weight is 1110 g/mol. The highest BCUT2D eigenvalue weighted by Gasteiger charge is 2.18. The molecule has 0 saturated heterocycles. The number of carbonyl (C=O) groups excluding carboxylic acids is 2. The van der Waals surface area contributed by atoms with Crippen LogP contribution in [0.3, 0.4) is 0 Å². The summed E-state index contributed by atoms with van der Waals surface area (Å²) in [6.45, 7) is 4.94. The Morgan fingerprint density at radius 3 is 0.899 bits per heavy atom. The molecule has 0 aromatic heterocycles. The van der Waals surface area contributed by atoms with E-state index < -0.39 is 12.1 Å². The number of hydrogen-bond donors (Lipinski definition) is 3. The van der Waals surface area contributed by atoms with Crippen molar-refractivity contribution in [1.29, 1.82) is 0 Å². The molecule has 0 aliphatic carbocycles. The lowest BCUT2D eigenvalue weighted by atomic mass is 10.0. The molecule has 0 saturated carbocycles. The lowest BCUT2D eigenvalue weighted by Gasteiger charge is -2.20. The van der Waals surface area contributed by atoms with Crippen LogP contribution >= 0.6 is 0 Å². The third-order valence-electron chi connectivity index (χ3n) is 17.0. The minimum atomic E-state index is -0.847. The number of carbonyl (C=O) groups is 2. The fourth-order valence-corrected chi connectivity index (χ4v) is 11.5. The van der Waals surface area contributed by atoms with E-state index in [4.69, 9.17) is 4.74 Å². The predicted octanol–water partition coefficient (Wildman–Crippen LogP) is 23.3. The Morgan fingerprint density at radius 1 is 0.342 bits per heavy atom. The Balaban J connectivity index is 3.41. The molecule has 6 nitrogen and oxygen atoms in total. The number of unbranched alkanes of at least 4 members (excludes halogenated alkanes) is 55. The lowest BCUT2D eigenvalue weighted by Crippen LogP contribution is -2.45. The van der Waals surface area contributed by atoms with Gasteiger partial charge in [0.25, 0.3) is 0 Å². The number of rotatable bonds is 68. The summed E-state index contributed by atoms with van der Waals surface area (Å²) in [6, 6.07) is -0.631. The highest BCUT2D eigenvalue weighted by Crippen LogP contribution is 2.19. The number of amides is 1. The van der Waals surface area contributed by atoms with Gasteiger partial charge in [0, 0.05) is 12.8 Å². The molecular weight excluding hydrogens is 971 g/mol. The number of allylic oxidation sites excluding steroid dienone is 3. The van der Waals surface area contributed by atoms with Gasteiger partial charge >= 0.3 is 5.97 Å². The van der Waals surface area contributed by atoms with Crippen LogP contribution < -0.4 is 5.32 Å². The first-order valence-corrected chi connectivity index (χ1v) is 36.1. The second-order valence-electron chi connectivity index (χ2n) is 24.9. The standard InChI is InChI=1S/C73H141NO5/c1-3-5-7-9-11-13-15-17-19-21-22-23-24-25-26-27-30-34-37-41-45-49-53-57-61-65-71(76)70(69-75)74-72(77)66-62-58-54-50-46-42-38-35-31-28-29-32-36-40-44-48-52-56-60-64-68-79-73(78)67-63-59-55-51-47-43-39-33-20-18-16-14-12-10-8-6-4-2/h18,20,61,65,70-71,75-76H,3-17,19,21-60,62-64,66-69H2,1-2H3,(H,74,77)/b20-18-,65-61+. The maximum Gasteiger partial charge on any atom is 0.305 e. The van der Waals surface area contributed by atoms with Crippen molar-refractivity contribution in [1.82, 2.24) is 5.32 Å². The molecule has 0 fully saturated rings. The van der Waals surface area contributed by atoms with Gasteiger partial charge in [-0.3, -0.25) is 9.59 Å². The Morgan fingerprint density at radius 2 is 0.595 bits per heavy atom. The molecule has 1 amide bonds. The van der Waals surface area contributed by atoms with E-state index in [1.54, 1.807) is 6.08 Å². The van der Waals surface area contributed by atoms with Gasteiger partial charge in [0.1, 0.15) is 0 Å². The van der Waals surface area contributed by atoms with E-state index in [2.05, 4.69) is 31.3 Å². The van der Waals surface area contributed by atoms with Gasteiger partial charge in [0.2, 0.25) is 5.91 Å². The summed E-state index contributed by atoms with van der Waals surface area (Å²) < 4.78 is 5.50. The Hall–Kier alpha value is -1.66. The molecule has 0 aliphatic heterocycles. The van der Waals surface area contributed by atoms with Gasteiger partial charge in [-0.2, -0.15) is 0 Å². The van der Waals surface area contributed by atoms with Crippen molar-refractivity contribution >= 4 is 11.9 Å². The lowest BCUT2D eigenvalue weighted by molar-refractivity contribution is -0.143. The second-order valence-corrected chi connectivity index (χ2v) is 24.9. The van der Waals surface area contributed by atoms with Gasteiger partial charge in [0.05, 0.1) is 25.4 Å².